The fourth-order valence-electron chi connectivity index (χ4n) is 4.42. The SMILES string of the molecule is CC1=CCC(OCC2CCCO2)(c2c(-c3ccc(O)cc3)sc3cc(O)ccc23)C=C1. The molecule has 1 aromatic heterocycles. The number of hydrogen-bond acceptors (Lipinski definition) is 5. The maximum Gasteiger partial charge on any atom is 0.117 e. The number of hydrogen-bond donors (Lipinski definition) is 2. The monoisotopic (exact) mass is 434 g/mol. The highest BCUT2D eigenvalue weighted by atomic mass is 32.1. The third-order valence-corrected chi connectivity index (χ3v) is 7.32. The minimum atomic E-state index is -0.617. The van der Waals surface area contributed by atoms with E-state index in [9.17, 15) is 10.2 Å². The van der Waals surface area contributed by atoms with Crippen molar-refractivity contribution in [2.24, 2.45) is 0 Å². The van der Waals surface area contributed by atoms with Crippen molar-refractivity contribution in [3.63, 3.8) is 0 Å². The normalized spacial score (nSPS) is 23.4. The third-order valence-electron chi connectivity index (χ3n) is 6.12. The van der Waals surface area contributed by atoms with Crippen LogP contribution in [0.5, 0.6) is 11.5 Å². The van der Waals surface area contributed by atoms with Crippen LogP contribution in [-0.4, -0.2) is 29.5 Å². The maximum atomic E-state index is 10.1. The van der Waals surface area contributed by atoms with Gasteiger partial charge in [0.2, 0.25) is 0 Å². The van der Waals surface area contributed by atoms with Gasteiger partial charge in [0.15, 0.2) is 0 Å². The van der Waals surface area contributed by atoms with Crippen LogP contribution in [0.25, 0.3) is 20.5 Å². The summed E-state index contributed by atoms with van der Waals surface area (Å²) in [5, 5.41) is 21.0. The topological polar surface area (TPSA) is 58.9 Å². The smallest absolute Gasteiger partial charge is 0.117 e. The highest BCUT2D eigenvalue weighted by Gasteiger charge is 2.38. The highest BCUT2D eigenvalue weighted by Crippen LogP contribution is 2.49. The predicted molar refractivity (Wildman–Crippen MR) is 125 cm³/mol. The number of benzene rings is 2. The lowest BCUT2D eigenvalue weighted by atomic mass is 9.82. The Bertz CT molecular complexity index is 1150. The zero-order valence-electron chi connectivity index (χ0n) is 17.5. The van der Waals surface area contributed by atoms with Crippen molar-refractivity contribution >= 4 is 21.4 Å². The van der Waals surface area contributed by atoms with Gasteiger partial charge in [0.25, 0.3) is 0 Å². The Hall–Kier alpha value is -2.60. The lowest BCUT2D eigenvalue weighted by molar-refractivity contribution is -0.0602. The molecular weight excluding hydrogens is 408 g/mol. The van der Waals surface area contributed by atoms with E-state index >= 15 is 0 Å². The molecule has 2 heterocycles. The van der Waals surface area contributed by atoms with Crippen molar-refractivity contribution in [1.29, 1.82) is 0 Å². The van der Waals surface area contributed by atoms with Crippen molar-refractivity contribution in [2.45, 2.75) is 37.9 Å². The zero-order valence-corrected chi connectivity index (χ0v) is 18.3. The standard InChI is InChI=1S/C26H26O4S/c1-17-10-12-26(13-11-17,30-16-21-3-2-14-29-21)24-22-9-8-20(28)15-23(22)31-25(24)18-4-6-19(27)7-5-18/h4-12,15,21,27-28H,2-3,13-14,16H2,1H3. The van der Waals surface area contributed by atoms with Gasteiger partial charge in [-0.1, -0.05) is 17.7 Å². The Balaban J connectivity index is 1.68. The molecule has 2 N–H and O–H groups in total. The van der Waals surface area contributed by atoms with Crippen LogP contribution in [0.15, 0.2) is 66.3 Å². The van der Waals surface area contributed by atoms with E-state index in [1.54, 1.807) is 29.5 Å². The van der Waals surface area contributed by atoms with E-state index in [1.165, 1.54) is 5.57 Å². The quantitative estimate of drug-likeness (QED) is 0.496. The molecule has 0 spiro atoms. The van der Waals surface area contributed by atoms with Gasteiger partial charge in [0.05, 0.1) is 12.7 Å². The summed E-state index contributed by atoms with van der Waals surface area (Å²) in [6.07, 6.45) is 9.50. The van der Waals surface area contributed by atoms with Crippen molar-refractivity contribution in [3.05, 3.63) is 71.8 Å². The molecule has 4 nitrogen and oxygen atoms in total. The van der Waals surface area contributed by atoms with Crippen LogP contribution >= 0.6 is 11.3 Å². The number of aromatic hydroxyl groups is 2. The molecule has 160 valence electrons. The molecule has 2 atom stereocenters. The van der Waals surface area contributed by atoms with Crippen LogP contribution in [0.3, 0.4) is 0 Å². The third kappa shape index (κ3) is 3.89. The molecule has 0 bridgehead atoms. The van der Waals surface area contributed by atoms with Crippen molar-refractivity contribution in [2.75, 3.05) is 13.2 Å². The minimum absolute atomic E-state index is 0.128. The average Bonchev–Trinajstić information content (AvgIpc) is 3.42. The van der Waals surface area contributed by atoms with E-state index in [-0.39, 0.29) is 17.6 Å². The first-order chi connectivity index (χ1) is 15.0. The van der Waals surface area contributed by atoms with Gasteiger partial charge in [-0.3, -0.25) is 0 Å². The molecular formula is C26H26O4S. The van der Waals surface area contributed by atoms with Crippen molar-refractivity contribution < 1.29 is 19.7 Å². The Morgan fingerprint density at radius 1 is 1.13 bits per heavy atom. The largest absolute Gasteiger partial charge is 0.508 e. The van der Waals surface area contributed by atoms with Gasteiger partial charge in [-0.15, -0.1) is 11.3 Å². The van der Waals surface area contributed by atoms with Gasteiger partial charge in [-0.05, 0) is 79.3 Å². The minimum Gasteiger partial charge on any atom is -0.508 e. The van der Waals surface area contributed by atoms with Crippen LogP contribution in [0, 0.1) is 0 Å². The molecule has 1 aliphatic carbocycles. The summed E-state index contributed by atoms with van der Waals surface area (Å²) in [6, 6.07) is 12.8. The van der Waals surface area contributed by atoms with E-state index in [0.717, 1.165) is 52.0 Å². The number of rotatable bonds is 5. The van der Waals surface area contributed by atoms with Gasteiger partial charge in [-0.25, -0.2) is 0 Å². The first kappa shape index (κ1) is 20.3. The highest BCUT2D eigenvalue weighted by molar-refractivity contribution is 7.22. The molecule has 0 radical (unpaired) electrons. The lowest BCUT2D eigenvalue weighted by Crippen LogP contribution is -2.32. The number of phenols is 2. The second kappa shape index (κ2) is 8.15. The Labute approximate surface area is 186 Å². The van der Waals surface area contributed by atoms with Crippen LogP contribution in [0.2, 0.25) is 0 Å². The first-order valence-electron chi connectivity index (χ1n) is 10.7. The lowest BCUT2D eigenvalue weighted by Gasteiger charge is -2.34. The summed E-state index contributed by atoms with van der Waals surface area (Å²) in [5.74, 6) is 0.492. The molecule has 0 amide bonds. The average molecular weight is 435 g/mol. The number of fused-ring (bicyclic) bond motifs is 1. The van der Waals surface area contributed by atoms with Crippen molar-refractivity contribution in [3.8, 4) is 21.9 Å². The van der Waals surface area contributed by atoms with Crippen LogP contribution < -0.4 is 0 Å². The molecule has 1 aliphatic heterocycles. The number of phenolic OH excluding ortho intramolecular Hbond substituents is 2. The molecule has 3 aromatic rings. The van der Waals surface area contributed by atoms with E-state index in [1.807, 2.05) is 24.3 Å². The van der Waals surface area contributed by atoms with E-state index < -0.39 is 5.60 Å². The fourth-order valence-corrected chi connectivity index (χ4v) is 5.74. The zero-order chi connectivity index (χ0) is 21.4. The summed E-state index contributed by atoms with van der Waals surface area (Å²) >= 11 is 1.64. The molecule has 5 rings (SSSR count). The molecule has 0 saturated carbocycles. The molecule has 2 aromatic carbocycles. The Morgan fingerprint density at radius 2 is 1.94 bits per heavy atom. The van der Waals surface area contributed by atoms with Gasteiger partial charge < -0.3 is 19.7 Å². The summed E-state index contributed by atoms with van der Waals surface area (Å²) in [6.45, 7) is 3.45. The van der Waals surface area contributed by atoms with Crippen LogP contribution in [-0.2, 0) is 15.1 Å². The maximum absolute atomic E-state index is 10.1. The van der Waals surface area contributed by atoms with Gasteiger partial charge in [-0.2, -0.15) is 0 Å². The van der Waals surface area contributed by atoms with Gasteiger partial charge in [0, 0.05) is 28.2 Å². The molecule has 2 unspecified atom stereocenters. The molecule has 1 saturated heterocycles. The molecule has 1 fully saturated rings. The van der Waals surface area contributed by atoms with E-state index in [4.69, 9.17) is 9.47 Å². The summed E-state index contributed by atoms with van der Waals surface area (Å²) in [5.41, 5.74) is 2.73. The fraction of sp³-hybridized carbons (Fsp3) is 0.308. The number of ether oxygens (including phenoxy) is 2. The first-order valence-corrected chi connectivity index (χ1v) is 11.5. The molecule has 5 heteroatoms. The number of allylic oxidation sites excluding steroid dienone is 2. The van der Waals surface area contributed by atoms with Gasteiger partial charge in [0.1, 0.15) is 17.1 Å². The van der Waals surface area contributed by atoms with E-state index in [0.29, 0.717) is 6.61 Å². The summed E-state index contributed by atoms with van der Waals surface area (Å²) in [4.78, 5) is 1.09. The molecule has 31 heavy (non-hydrogen) atoms. The predicted octanol–water partition coefficient (Wildman–Crippen LogP) is 6.28. The van der Waals surface area contributed by atoms with E-state index in [2.05, 4.69) is 25.2 Å². The van der Waals surface area contributed by atoms with Crippen LogP contribution in [0.4, 0.5) is 0 Å². The van der Waals surface area contributed by atoms with Crippen LogP contribution in [0.1, 0.15) is 31.7 Å². The Morgan fingerprint density at radius 3 is 2.65 bits per heavy atom. The van der Waals surface area contributed by atoms with Crippen molar-refractivity contribution in [1.82, 2.24) is 0 Å². The molecule has 2 aliphatic rings. The second-order valence-electron chi connectivity index (χ2n) is 8.35. The van der Waals surface area contributed by atoms with Gasteiger partial charge >= 0.3 is 0 Å². The second-order valence-corrected chi connectivity index (χ2v) is 9.41. The Kier molecular flexibility index (Phi) is 5.34. The number of thiophene rings is 1. The summed E-state index contributed by atoms with van der Waals surface area (Å²) in [7, 11) is 0. The summed E-state index contributed by atoms with van der Waals surface area (Å²) < 4.78 is 13.6.